The van der Waals surface area contributed by atoms with Crippen molar-refractivity contribution in [3.05, 3.63) is 30.1 Å². The molecule has 2 atom stereocenters. The Bertz CT molecular complexity index is 338. The first-order chi connectivity index (χ1) is 6.97. The number of carbonyl (C=O) groups is 1. The maximum Gasteiger partial charge on any atom is 0.304 e. The Morgan fingerprint density at radius 3 is 2.80 bits per heavy atom. The van der Waals surface area contributed by atoms with Gasteiger partial charge in [-0.05, 0) is 18.6 Å². The van der Waals surface area contributed by atoms with E-state index in [1.165, 1.54) is 0 Å². The van der Waals surface area contributed by atoms with Gasteiger partial charge < -0.3 is 10.8 Å². The van der Waals surface area contributed by atoms with Crippen LogP contribution in [0.25, 0.3) is 0 Å². The zero-order chi connectivity index (χ0) is 11.5. The fraction of sp³-hybridized carbons (Fsp3) is 0.455. The number of aliphatic carboxylic acids is 1. The van der Waals surface area contributed by atoms with E-state index in [9.17, 15) is 4.79 Å². The van der Waals surface area contributed by atoms with Gasteiger partial charge in [-0.1, -0.05) is 13.0 Å². The number of carboxylic acid groups (broad SMARTS) is 1. The summed E-state index contributed by atoms with van der Waals surface area (Å²) in [7, 11) is 0. The van der Waals surface area contributed by atoms with E-state index in [4.69, 9.17) is 10.8 Å². The molecular weight excluding hydrogens is 192 g/mol. The summed E-state index contributed by atoms with van der Waals surface area (Å²) >= 11 is 0. The lowest BCUT2D eigenvalue weighted by Gasteiger charge is -2.32. The number of hydrogen-bond acceptors (Lipinski definition) is 3. The first-order valence-electron chi connectivity index (χ1n) is 4.84. The maximum atomic E-state index is 10.8. The molecule has 1 rings (SSSR count). The molecule has 0 radical (unpaired) electrons. The quantitative estimate of drug-likeness (QED) is 0.778. The Morgan fingerprint density at radius 2 is 2.40 bits per heavy atom. The van der Waals surface area contributed by atoms with Crippen LogP contribution in [0.3, 0.4) is 0 Å². The first-order valence-corrected chi connectivity index (χ1v) is 4.84. The van der Waals surface area contributed by atoms with Crippen LogP contribution in [-0.2, 0) is 10.2 Å². The SMILES string of the molecule is CC(N)C(C)(CC(=O)O)c1cccnc1. The molecule has 1 heterocycles. The zero-order valence-corrected chi connectivity index (χ0v) is 8.97. The predicted molar refractivity (Wildman–Crippen MR) is 57.5 cm³/mol. The Hall–Kier alpha value is -1.42. The van der Waals surface area contributed by atoms with E-state index in [-0.39, 0.29) is 12.5 Å². The largest absolute Gasteiger partial charge is 0.481 e. The van der Waals surface area contributed by atoms with E-state index in [2.05, 4.69) is 4.98 Å². The van der Waals surface area contributed by atoms with Crippen LogP contribution < -0.4 is 5.73 Å². The lowest BCUT2D eigenvalue weighted by Crippen LogP contribution is -2.42. The molecule has 0 fully saturated rings. The minimum atomic E-state index is -0.848. The third-order valence-electron chi connectivity index (χ3n) is 2.84. The van der Waals surface area contributed by atoms with Gasteiger partial charge in [0, 0.05) is 23.9 Å². The summed E-state index contributed by atoms with van der Waals surface area (Å²) in [6.45, 7) is 3.67. The molecule has 0 aromatic carbocycles. The number of hydrogen-bond donors (Lipinski definition) is 2. The molecule has 2 unspecified atom stereocenters. The fourth-order valence-electron chi connectivity index (χ4n) is 1.54. The molecule has 0 aliphatic heterocycles. The molecule has 0 aliphatic carbocycles. The molecule has 1 aromatic heterocycles. The Kier molecular flexibility index (Phi) is 3.42. The van der Waals surface area contributed by atoms with Crippen LogP contribution >= 0.6 is 0 Å². The highest BCUT2D eigenvalue weighted by molar-refractivity contribution is 5.69. The van der Waals surface area contributed by atoms with Gasteiger partial charge in [-0.2, -0.15) is 0 Å². The molecule has 82 valence electrons. The molecule has 0 spiro atoms. The summed E-state index contributed by atoms with van der Waals surface area (Å²) in [5.41, 5.74) is 6.15. The predicted octanol–water partition coefficient (Wildman–Crippen LogP) is 1.16. The van der Waals surface area contributed by atoms with Crippen LogP contribution in [0.2, 0.25) is 0 Å². The van der Waals surface area contributed by atoms with Gasteiger partial charge in [-0.3, -0.25) is 9.78 Å². The second-order valence-corrected chi connectivity index (χ2v) is 4.02. The molecule has 3 N–H and O–H groups in total. The van der Waals surface area contributed by atoms with Crippen molar-refractivity contribution >= 4 is 5.97 Å². The van der Waals surface area contributed by atoms with Crippen molar-refractivity contribution in [2.45, 2.75) is 31.7 Å². The van der Waals surface area contributed by atoms with E-state index in [1.807, 2.05) is 19.9 Å². The van der Waals surface area contributed by atoms with Crippen molar-refractivity contribution in [3.8, 4) is 0 Å². The Labute approximate surface area is 89.1 Å². The number of carboxylic acids is 1. The van der Waals surface area contributed by atoms with E-state index in [1.54, 1.807) is 18.5 Å². The van der Waals surface area contributed by atoms with Gasteiger partial charge in [0.25, 0.3) is 0 Å². The first kappa shape index (κ1) is 11.7. The monoisotopic (exact) mass is 208 g/mol. The lowest BCUT2D eigenvalue weighted by molar-refractivity contribution is -0.138. The van der Waals surface area contributed by atoms with Crippen molar-refractivity contribution < 1.29 is 9.90 Å². The highest BCUT2D eigenvalue weighted by atomic mass is 16.4. The number of aromatic nitrogens is 1. The molecule has 0 amide bonds. The molecule has 4 heteroatoms. The second kappa shape index (κ2) is 4.40. The third-order valence-corrected chi connectivity index (χ3v) is 2.84. The summed E-state index contributed by atoms with van der Waals surface area (Å²) < 4.78 is 0. The normalized spacial score (nSPS) is 16.7. The highest BCUT2D eigenvalue weighted by Gasteiger charge is 2.33. The van der Waals surface area contributed by atoms with Gasteiger partial charge in [0.1, 0.15) is 0 Å². The number of nitrogens with two attached hydrogens (primary N) is 1. The summed E-state index contributed by atoms with van der Waals surface area (Å²) in [6, 6.07) is 3.41. The van der Waals surface area contributed by atoms with Crippen LogP contribution in [-0.4, -0.2) is 22.1 Å². The summed E-state index contributed by atoms with van der Waals surface area (Å²) in [5.74, 6) is -0.848. The average molecular weight is 208 g/mol. The third kappa shape index (κ3) is 2.53. The Balaban J connectivity index is 3.07. The minimum Gasteiger partial charge on any atom is -0.481 e. The lowest BCUT2D eigenvalue weighted by atomic mass is 9.75. The van der Waals surface area contributed by atoms with Gasteiger partial charge in [0.15, 0.2) is 0 Å². The van der Waals surface area contributed by atoms with E-state index in [0.29, 0.717) is 0 Å². The van der Waals surface area contributed by atoms with Crippen molar-refractivity contribution in [1.82, 2.24) is 4.98 Å². The van der Waals surface area contributed by atoms with E-state index >= 15 is 0 Å². The van der Waals surface area contributed by atoms with Gasteiger partial charge in [-0.15, -0.1) is 0 Å². The molecule has 1 aromatic rings. The van der Waals surface area contributed by atoms with Gasteiger partial charge in [-0.25, -0.2) is 0 Å². The maximum absolute atomic E-state index is 10.8. The van der Waals surface area contributed by atoms with Crippen LogP contribution in [0.4, 0.5) is 0 Å². The van der Waals surface area contributed by atoms with Gasteiger partial charge in [0.2, 0.25) is 0 Å². The molecule has 0 bridgehead atoms. The number of rotatable bonds is 4. The number of pyridine rings is 1. The van der Waals surface area contributed by atoms with Gasteiger partial charge >= 0.3 is 5.97 Å². The van der Waals surface area contributed by atoms with Crippen molar-refractivity contribution in [2.24, 2.45) is 5.73 Å². The smallest absolute Gasteiger partial charge is 0.304 e. The minimum absolute atomic E-state index is 0.0103. The molecule has 0 aliphatic rings. The molecule has 4 nitrogen and oxygen atoms in total. The number of nitrogens with zero attached hydrogens (tertiary/aromatic N) is 1. The van der Waals surface area contributed by atoms with Crippen molar-refractivity contribution in [2.75, 3.05) is 0 Å². The van der Waals surface area contributed by atoms with E-state index in [0.717, 1.165) is 5.56 Å². The zero-order valence-electron chi connectivity index (χ0n) is 8.97. The summed E-state index contributed by atoms with van der Waals surface area (Å²) in [6.07, 6.45) is 3.34. The molecule has 0 saturated carbocycles. The van der Waals surface area contributed by atoms with E-state index < -0.39 is 11.4 Å². The highest BCUT2D eigenvalue weighted by Crippen LogP contribution is 2.29. The Morgan fingerprint density at radius 1 is 1.73 bits per heavy atom. The van der Waals surface area contributed by atoms with Crippen LogP contribution in [0.1, 0.15) is 25.8 Å². The summed E-state index contributed by atoms with van der Waals surface area (Å²) in [5, 5.41) is 8.88. The standard InChI is InChI=1S/C11H16N2O2/c1-8(12)11(2,6-10(14)15)9-4-3-5-13-7-9/h3-5,7-8H,6,12H2,1-2H3,(H,14,15). The van der Waals surface area contributed by atoms with Gasteiger partial charge in [0.05, 0.1) is 6.42 Å². The van der Waals surface area contributed by atoms with Crippen LogP contribution in [0.5, 0.6) is 0 Å². The molecule has 0 saturated heterocycles. The van der Waals surface area contributed by atoms with Crippen molar-refractivity contribution in [1.29, 1.82) is 0 Å². The van der Waals surface area contributed by atoms with Crippen molar-refractivity contribution in [3.63, 3.8) is 0 Å². The second-order valence-electron chi connectivity index (χ2n) is 4.02. The average Bonchev–Trinajstić information content (AvgIpc) is 2.17. The molecular formula is C11H16N2O2. The van der Waals surface area contributed by atoms with Crippen LogP contribution in [0.15, 0.2) is 24.5 Å². The summed E-state index contributed by atoms with van der Waals surface area (Å²) in [4.78, 5) is 14.8. The van der Waals surface area contributed by atoms with Crippen LogP contribution in [0, 0.1) is 0 Å². The topological polar surface area (TPSA) is 76.2 Å². The fourth-order valence-corrected chi connectivity index (χ4v) is 1.54. The molecule has 15 heavy (non-hydrogen) atoms.